The molecule has 0 aromatic carbocycles. The van der Waals surface area contributed by atoms with Gasteiger partial charge in [-0.1, -0.05) is 33.1 Å². The second kappa shape index (κ2) is 5.63. The van der Waals surface area contributed by atoms with Crippen LogP contribution < -0.4 is 5.14 Å². The van der Waals surface area contributed by atoms with E-state index in [1.807, 2.05) is 6.92 Å². The fourth-order valence-electron chi connectivity index (χ4n) is 3.12. The lowest BCUT2D eigenvalue weighted by Gasteiger charge is -2.32. The van der Waals surface area contributed by atoms with Crippen molar-refractivity contribution in [2.45, 2.75) is 63.4 Å². The lowest BCUT2D eigenvalue weighted by atomic mass is 9.82. The number of hydrogen-bond donors (Lipinski definition) is 1. The molecule has 2 rings (SSSR count). The van der Waals surface area contributed by atoms with Crippen LogP contribution in [0.1, 0.15) is 57.8 Å². The van der Waals surface area contributed by atoms with Crippen LogP contribution in [0.3, 0.4) is 0 Å². The maximum Gasteiger partial charge on any atom is 0.257 e. The molecule has 0 amide bonds. The number of rotatable bonds is 4. The summed E-state index contributed by atoms with van der Waals surface area (Å²) in [4.78, 5) is 4.19. The molecule has 19 heavy (non-hydrogen) atoms. The van der Waals surface area contributed by atoms with Crippen molar-refractivity contribution in [2.24, 2.45) is 11.1 Å². The Hall–Kier alpha value is -0.880. The normalized spacial score (nSPS) is 24.6. The molecule has 1 heterocycles. The minimum atomic E-state index is -3.71. The standard InChI is InChI=1S/C13H23N3O2S/c1-3-10-7-5-6-8-11(10)16-9-13(19(14,17)18)15-12(16)4-2/h9-11H,3-8H2,1-2H3,(H2,14,17,18). The van der Waals surface area contributed by atoms with Crippen LogP contribution >= 0.6 is 0 Å². The van der Waals surface area contributed by atoms with Crippen molar-refractivity contribution in [1.29, 1.82) is 0 Å². The summed E-state index contributed by atoms with van der Waals surface area (Å²) in [5.41, 5.74) is 0. The number of nitrogens with zero attached hydrogens (tertiary/aromatic N) is 2. The second-order valence-electron chi connectivity index (χ2n) is 5.32. The van der Waals surface area contributed by atoms with Crippen LogP contribution in [0.5, 0.6) is 0 Å². The predicted octanol–water partition coefficient (Wildman–Crippen LogP) is 2.23. The molecule has 1 aromatic heterocycles. The van der Waals surface area contributed by atoms with Crippen LogP contribution in [-0.2, 0) is 16.4 Å². The maximum absolute atomic E-state index is 11.5. The van der Waals surface area contributed by atoms with Gasteiger partial charge < -0.3 is 4.57 Å². The fraction of sp³-hybridized carbons (Fsp3) is 0.769. The Morgan fingerprint density at radius 2 is 2.05 bits per heavy atom. The summed E-state index contributed by atoms with van der Waals surface area (Å²) >= 11 is 0. The maximum atomic E-state index is 11.5. The third-order valence-corrected chi connectivity index (χ3v) is 4.92. The van der Waals surface area contributed by atoms with E-state index in [-0.39, 0.29) is 5.03 Å². The minimum Gasteiger partial charge on any atom is -0.330 e. The number of aromatic nitrogens is 2. The Kier molecular flexibility index (Phi) is 4.30. The van der Waals surface area contributed by atoms with Crippen LogP contribution in [0.4, 0.5) is 0 Å². The first-order valence-electron chi connectivity index (χ1n) is 7.07. The third kappa shape index (κ3) is 3.00. The summed E-state index contributed by atoms with van der Waals surface area (Å²) in [5, 5.41) is 5.19. The Morgan fingerprint density at radius 3 is 2.63 bits per heavy atom. The fourth-order valence-corrected chi connectivity index (χ4v) is 3.62. The van der Waals surface area contributed by atoms with Gasteiger partial charge in [-0.3, -0.25) is 0 Å². The van der Waals surface area contributed by atoms with Gasteiger partial charge >= 0.3 is 0 Å². The lowest BCUT2D eigenvalue weighted by molar-refractivity contribution is 0.228. The summed E-state index contributed by atoms with van der Waals surface area (Å²) in [7, 11) is -3.71. The van der Waals surface area contributed by atoms with Gasteiger partial charge in [-0.2, -0.15) is 0 Å². The molecule has 0 radical (unpaired) electrons. The smallest absolute Gasteiger partial charge is 0.257 e. The van der Waals surface area contributed by atoms with Gasteiger partial charge in [0.25, 0.3) is 10.0 Å². The van der Waals surface area contributed by atoms with Gasteiger partial charge in [-0.25, -0.2) is 18.5 Å². The second-order valence-corrected chi connectivity index (χ2v) is 6.83. The third-order valence-electron chi connectivity index (χ3n) is 4.15. The topological polar surface area (TPSA) is 78.0 Å². The molecule has 1 saturated carbocycles. The van der Waals surface area contributed by atoms with Crippen molar-refractivity contribution in [3.63, 3.8) is 0 Å². The summed E-state index contributed by atoms with van der Waals surface area (Å²) in [6.07, 6.45) is 8.27. The van der Waals surface area contributed by atoms with Gasteiger partial charge in [0.15, 0.2) is 5.03 Å². The number of imidazole rings is 1. The van der Waals surface area contributed by atoms with Crippen LogP contribution in [0, 0.1) is 5.92 Å². The van der Waals surface area contributed by atoms with E-state index in [2.05, 4.69) is 16.5 Å². The number of aryl methyl sites for hydroxylation is 1. The molecule has 0 spiro atoms. The summed E-state index contributed by atoms with van der Waals surface area (Å²) < 4.78 is 25.0. The van der Waals surface area contributed by atoms with E-state index in [0.29, 0.717) is 12.0 Å². The first-order valence-corrected chi connectivity index (χ1v) is 8.62. The van der Waals surface area contributed by atoms with Crippen LogP contribution in [0.2, 0.25) is 0 Å². The van der Waals surface area contributed by atoms with Gasteiger partial charge in [-0.15, -0.1) is 0 Å². The molecular formula is C13H23N3O2S. The van der Waals surface area contributed by atoms with Gasteiger partial charge in [-0.05, 0) is 18.8 Å². The molecule has 0 bridgehead atoms. The molecule has 2 N–H and O–H groups in total. The highest BCUT2D eigenvalue weighted by molar-refractivity contribution is 7.89. The highest BCUT2D eigenvalue weighted by Crippen LogP contribution is 2.37. The molecule has 6 heteroatoms. The molecule has 1 aliphatic rings. The van der Waals surface area contributed by atoms with Gasteiger partial charge in [0.2, 0.25) is 0 Å². The zero-order chi connectivity index (χ0) is 14.0. The van der Waals surface area contributed by atoms with E-state index in [9.17, 15) is 8.42 Å². The monoisotopic (exact) mass is 285 g/mol. The van der Waals surface area contributed by atoms with Crippen LogP contribution in [0.15, 0.2) is 11.2 Å². The number of sulfonamides is 1. The van der Waals surface area contributed by atoms with Crippen molar-refractivity contribution in [3.05, 3.63) is 12.0 Å². The molecular weight excluding hydrogens is 262 g/mol. The molecule has 1 fully saturated rings. The van der Waals surface area contributed by atoms with Crippen molar-refractivity contribution in [2.75, 3.05) is 0 Å². The largest absolute Gasteiger partial charge is 0.330 e. The number of primary sulfonamides is 1. The molecule has 108 valence electrons. The molecule has 5 nitrogen and oxygen atoms in total. The molecule has 1 aromatic rings. The first kappa shape index (κ1) is 14.5. The van der Waals surface area contributed by atoms with E-state index in [1.165, 1.54) is 19.3 Å². The zero-order valence-electron chi connectivity index (χ0n) is 11.7. The van der Waals surface area contributed by atoms with Gasteiger partial charge in [0, 0.05) is 18.7 Å². The first-order chi connectivity index (χ1) is 8.97. The van der Waals surface area contributed by atoms with Crippen LogP contribution in [0.25, 0.3) is 0 Å². The molecule has 2 atom stereocenters. The van der Waals surface area contributed by atoms with E-state index in [1.54, 1.807) is 6.20 Å². The molecule has 1 aliphatic carbocycles. The van der Waals surface area contributed by atoms with Crippen molar-refractivity contribution in [3.8, 4) is 0 Å². The number of nitrogens with two attached hydrogens (primary N) is 1. The average Bonchev–Trinajstić information content (AvgIpc) is 2.82. The Bertz CT molecular complexity index is 536. The zero-order valence-corrected chi connectivity index (χ0v) is 12.5. The van der Waals surface area contributed by atoms with Crippen LogP contribution in [-0.4, -0.2) is 18.0 Å². The summed E-state index contributed by atoms with van der Waals surface area (Å²) in [6.45, 7) is 4.20. The Labute approximate surface area is 115 Å². The van der Waals surface area contributed by atoms with Crippen molar-refractivity contribution < 1.29 is 8.42 Å². The Morgan fingerprint density at radius 1 is 1.37 bits per heavy atom. The van der Waals surface area contributed by atoms with E-state index in [0.717, 1.165) is 25.1 Å². The summed E-state index contributed by atoms with van der Waals surface area (Å²) in [5.74, 6) is 1.44. The van der Waals surface area contributed by atoms with E-state index >= 15 is 0 Å². The van der Waals surface area contributed by atoms with E-state index in [4.69, 9.17) is 5.14 Å². The Balaban J connectivity index is 2.40. The predicted molar refractivity (Wildman–Crippen MR) is 74.3 cm³/mol. The van der Waals surface area contributed by atoms with Gasteiger partial charge in [0.1, 0.15) is 5.82 Å². The molecule has 0 aliphatic heterocycles. The molecule has 2 unspecified atom stereocenters. The van der Waals surface area contributed by atoms with Crippen molar-refractivity contribution in [1.82, 2.24) is 9.55 Å². The SMILES string of the molecule is CCc1nc(S(N)(=O)=O)cn1C1CCCCC1CC. The average molecular weight is 285 g/mol. The quantitative estimate of drug-likeness (QED) is 0.921. The van der Waals surface area contributed by atoms with Crippen molar-refractivity contribution >= 4 is 10.0 Å². The highest BCUT2D eigenvalue weighted by Gasteiger charge is 2.28. The minimum absolute atomic E-state index is 0.00442. The van der Waals surface area contributed by atoms with E-state index < -0.39 is 10.0 Å². The molecule has 0 saturated heterocycles. The summed E-state index contributed by atoms with van der Waals surface area (Å²) in [6, 6.07) is 0.372. The number of hydrogen-bond acceptors (Lipinski definition) is 3. The van der Waals surface area contributed by atoms with Gasteiger partial charge in [0.05, 0.1) is 0 Å². The highest BCUT2D eigenvalue weighted by atomic mass is 32.2. The lowest BCUT2D eigenvalue weighted by Crippen LogP contribution is -2.23.